The van der Waals surface area contributed by atoms with Crippen molar-refractivity contribution in [2.45, 2.75) is 58.8 Å². The molecule has 7 nitrogen and oxygen atoms in total. The normalized spacial score (nSPS) is 13.5. The number of ether oxygens (including phenoxy) is 2. The Bertz CT molecular complexity index is 784. The molecular formula is C19H28N4O3. The molecule has 1 atom stereocenters. The van der Waals surface area contributed by atoms with Crippen molar-refractivity contribution in [3.63, 3.8) is 0 Å². The van der Waals surface area contributed by atoms with Crippen LogP contribution < -0.4 is 5.32 Å². The molecule has 7 heteroatoms. The predicted molar refractivity (Wildman–Crippen MR) is 101 cm³/mol. The molecule has 142 valence electrons. The summed E-state index contributed by atoms with van der Waals surface area (Å²) in [5.41, 5.74) is 1.33. The van der Waals surface area contributed by atoms with Crippen LogP contribution >= 0.6 is 0 Å². The molecule has 2 aromatic heterocycles. The Morgan fingerprint density at radius 2 is 2.04 bits per heavy atom. The Kier molecular flexibility index (Phi) is 5.71. The van der Waals surface area contributed by atoms with E-state index in [-0.39, 0.29) is 12.2 Å². The quantitative estimate of drug-likeness (QED) is 0.878. The Morgan fingerprint density at radius 1 is 1.35 bits per heavy atom. The van der Waals surface area contributed by atoms with Crippen molar-refractivity contribution in [1.29, 1.82) is 0 Å². The summed E-state index contributed by atoms with van der Waals surface area (Å²) < 4.78 is 13.1. The van der Waals surface area contributed by atoms with E-state index in [1.54, 1.807) is 23.0 Å². The molecule has 0 saturated heterocycles. The van der Waals surface area contributed by atoms with Gasteiger partial charge in [-0.2, -0.15) is 5.10 Å². The van der Waals surface area contributed by atoms with Gasteiger partial charge in [0.1, 0.15) is 5.69 Å². The lowest BCUT2D eigenvalue weighted by molar-refractivity contribution is -0.0554. The molecule has 0 aliphatic heterocycles. The fourth-order valence-electron chi connectivity index (χ4n) is 2.15. The number of alkyl carbamates (subject to hydrolysis) is 1. The molecule has 26 heavy (non-hydrogen) atoms. The van der Waals surface area contributed by atoms with Crippen LogP contribution in [0.25, 0.3) is 11.7 Å². The Hall–Kier alpha value is -2.41. The molecule has 2 heterocycles. The van der Waals surface area contributed by atoms with E-state index in [1.807, 2.05) is 47.6 Å². The van der Waals surface area contributed by atoms with E-state index < -0.39 is 17.7 Å². The maximum Gasteiger partial charge on any atom is 0.408 e. The molecule has 0 fully saturated rings. The van der Waals surface area contributed by atoms with Gasteiger partial charge < -0.3 is 14.8 Å². The second-order valence-corrected chi connectivity index (χ2v) is 8.15. The molecule has 1 amide bonds. The summed E-state index contributed by atoms with van der Waals surface area (Å²) >= 11 is 0. The maximum absolute atomic E-state index is 12.2. The number of aromatic nitrogens is 3. The van der Waals surface area contributed by atoms with Crippen LogP contribution in [-0.4, -0.2) is 38.4 Å². The smallest absolute Gasteiger partial charge is 0.408 e. The number of carbonyl (C=O) groups is 1. The van der Waals surface area contributed by atoms with E-state index in [2.05, 4.69) is 22.0 Å². The molecule has 0 saturated carbocycles. The molecule has 2 aromatic rings. The van der Waals surface area contributed by atoms with E-state index >= 15 is 0 Å². The number of rotatable bonds is 5. The molecule has 0 aliphatic carbocycles. The number of imidazole rings is 1. The number of nitrogens with zero attached hydrogens (tertiary/aromatic N) is 3. The maximum atomic E-state index is 12.2. The second-order valence-electron chi connectivity index (χ2n) is 8.15. The molecular weight excluding hydrogens is 332 g/mol. The number of fused-ring (bicyclic) bond motifs is 1. The standard InChI is InChI=1S/C19H28N4O3/c1-8-13-9-16-21-14(11-23(16)20-10-13)15(12-25-19(5,6)7)26-17(24)22-18(2,3)4/h8-11,15H,1,12H2,2-7H3,(H,22,24)/t15-/m0/s1. The van der Waals surface area contributed by atoms with E-state index in [9.17, 15) is 4.79 Å². The van der Waals surface area contributed by atoms with Crippen molar-refractivity contribution in [3.05, 3.63) is 36.3 Å². The highest BCUT2D eigenvalue weighted by molar-refractivity contribution is 5.68. The highest BCUT2D eigenvalue weighted by Crippen LogP contribution is 2.21. The summed E-state index contributed by atoms with van der Waals surface area (Å²) in [7, 11) is 0. The Balaban J connectivity index is 2.27. The van der Waals surface area contributed by atoms with Gasteiger partial charge in [0.25, 0.3) is 0 Å². The molecule has 0 aromatic carbocycles. The summed E-state index contributed by atoms with van der Waals surface area (Å²) in [5.74, 6) is 0. The third kappa shape index (κ3) is 5.84. The van der Waals surface area contributed by atoms with Gasteiger partial charge in [0.05, 0.1) is 24.6 Å². The average Bonchev–Trinajstić information content (AvgIpc) is 2.91. The van der Waals surface area contributed by atoms with Crippen molar-refractivity contribution in [2.75, 3.05) is 6.61 Å². The van der Waals surface area contributed by atoms with Crippen molar-refractivity contribution < 1.29 is 14.3 Å². The van der Waals surface area contributed by atoms with Gasteiger partial charge in [-0.25, -0.2) is 14.3 Å². The second kappa shape index (κ2) is 7.45. The van der Waals surface area contributed by atoms with Crippen LogP contribution in [-0.2, 0) is 9.47 Å². The van der Waals surface area contributed by atoms with Crippen molar-refractivity contribution in [1.82, 2.24) is 19.9 Å². The molecule has 0 unspecified atom stereocenters. The molecule has 2 rings (SSSR count). The minimum Gasteiger partial charge on any atom is -0.437 e. The predicted octanol–water partition coefficient (Wildman–Crippen LogP) is 3.75. The van der Waals surface area contributed by atoms with Crippen LogP contribution in [0.4, 0.5) is 4.79 Å². The van der Waals surface area contributed by atoms with E-state index in [4.69, 9.17) is 9.47 Å². The van der Waals surface area contributed by atoms with Gasteiger partial charge in [0.2, 0.25) is 0 Å². The first-order valence-corrected chi connectivity index (χ1v) is 8.57. The Morgan fingerprint density at radius 3 is 2.62 bits per heavy atom. The van der Waals surface area contributed by atoms with Crippen molar-refractivity contribution in [3.8, 4) is 0 Å². The zero-order valence-corrected chi connectivity index (χ0v) is 16.4. The van der Waals surface area contributed by atoms with Gasteiger partial charge in [-0.15, -0.1) is 0 Å². The lowest BCUT2D eigenvalue weighted by atomic mass is 10.1. The SMILES string of the molecule is C=Cc1cnn2cc([C@H](COC(C)(C)C)OC(=O)NC(C)(C)C)nc2c1. The summed E-state index contributed by atoms with van der Waals surface area (Å²) in [6, 6.07) is 1.86. The van der Waals surface area contributed by atoms with Crippen molar-refractivity contribution >= 4 is 17.8 Å². The largest absolute Gasteiger partial charge is 0.437 e. The highest BCUT2D eigenvalue weighted by atomic mass is 16.6. The van der Waals surface area contributed by atoms with Crippen LogP contribution in [0.3, 0.4) is 0 Å². The van der Waals surface area contributed by atoms with Crippen molar-refractivity contribution in [2.24, 2.45) is 0 Å². The lowest BCUT2D eigenvalue weighted by Gasteiger charge is -2.26. The number of carbonyl (C=O) groups excluding carboxylic acids is 1. The van der Waals surface area contributed by atoms with Crippen LogP contribution in [0.1, 0.15) is 58.9 Å². The van der Waals surface area contributed by atoms with Crippen LogP contribution in [0.15, 0.2) is 25.0 Å². The van der Waals surface area contributed by atoms with Gasteiger partial charge in [-0.1, -0.05) is 12.7 Å². The summed E-state index contributed by atoms with van der Waals surface area (Å²) in [5, 5.41) is 7.08. The lowest BCUT2D eigenvalue weighted by Crippen LogP contribution is -2.42. The topological polar surface area (TPSA) is 77.8 Å². The van der Waals surface area contributed by atoms with E-state index in [0.29, 0.717) is 11.3 Å². The van der Waals surface area contributed by atoms with Gasteiger partial charge >= 0.3 is 6.09 Å². The van der Waals surface area contributed by atoms with E-state index in [1.165, 1.54) is 0 Å². The molecule has 0 radical (unpaired) electrons. The third-order valence-electron chi connectivity index (χ3n) is 3.32. The third-order valence-corrected chi connectivity index (χ3v) is 3.32. The molecule has 1 N–H and O–H groups in total. The van der Waals surface area contributed by atoms with Crippen LogP contribution in [0, 0.1) is 0 Å². The zero-order chi connectivity index (χ0) is 19.5. The summed E-state index contributed by atoms with van der Waals surface area (Å²) in [6.07, 6.45) is 3.97. The first-order valence-electron chi connectivity index (χ1n) is 8.57. The molecule has 0 bridgehead atoms. The van der Waals surface area contributed by atoms with Gasteiger partial charge in [0, 0.05) is 5.54 Å². The van der Waals surface area contributed by atoms with Crippen LogP contribution in [0.5, 0.6) is 0 Å². The fourth-order valence-corrected chi connectivity index (χ4v) is 2.15. The number of hydrogen-bond donors (Lipinski definition) is 1. The average molecular weight is 360 g/mol. The molecule has 0 spiro atoms. The number of nitrogens with one attached hydrogen (secondary N) is 1. The van der Waals surface area contributed by atoms with Gasteiger partial charge in [0.15, 0.2) is 11.8 Å². The van der Waals surface area contributed by atoms with E-state index in [0.717, 1.165) is 5.56 Å². The molecule has 0 aliphatic rings. The minimum atomic E-state index is -0.648. The highest BCUT2D eigenvalue weighted by Gasteiger charge is 2.25. The Labute approximate surface area is 154 Å². The van der Waals surface area contributed by atoms with Gasteiger partial charge in [-0.05, 0) is 53.2 Å². The minimum absolute atomic E-state index is 0.194. The first-order chi connectivity index (χ1) is 12.0. The monoisotopic (exact) mass is 360 g/mol. The fraction of sp³-hybridized carbons (Fsp3) is 0.526. The first kappa shape index (κ1) is 19.9. The van der Waals surface area contributed by atoms with Crippen LogP contribution in [0.2, 0.25) is 0 Å². The number of amides is 1. The summed E-state index contributed by atoms with van der Waals surface area (Å²) in [4.78, 5) is 16.8. The summed E-state index contributed by atoms with van der Waals surface area (Å²) in [6.45, 7) is 15.4. The van der Waals surface area contributed by atoms with Gasteiger partial charge in [-0.3, -0.25) is 0 Å². The number of hydrogen-bond acceptors (Lipinski definition) is 5. The zero-order valence-electron chi connectivity index (χ0n) is 16.4.